The first-order chi connectivity index (χ1) is 36.7. The molecule has 0 radical (unpaired) electrons. The van der Waals surface area contributed by atoms with Gasteiger partial charge in [-0.25, -0.2) is 0 Å². The molecule has 12 unspecified atom stereocenters. The Morgan fingerprint density at radius 3 is 2.19 bits per heavy atom. The summed E-state index contributed by atoms with van der Waals surface area (Å²) in [5.74, 6) is 3.40. The molecule has 5 heteroatoms. The molecule has 0 aromatic heterocycles. The van der Waals surface area contributed by atoms with E-state index in [9.17, 15) is 0 Å². The molecule has 14 rings (SSSR count). The van der Waals surface area contributed by atoms with Gasteiger partial charge >= 0.3 is 0 Å². The summed E-state index contributed by atoms with van der Waals surface area (Å²) >= 11 is 0. The van der Waals surface area contributed by atoms with Gasteiger partial charge in [-0.2, -0.15) is 0 Å². The summed E-state index contributed by atoms with van der Waals surface area (Å²) in [6.07, 6.45) is 82.0. The van der Waals surface area contributed by atoms with Crippen LogP contribution in [0.4, 0.5) is 0 Å². The quantitative estimate of drug-likeness (QED) is 0.201. The Bertz CT molecular complexity index is 2740. The van der Waals surface area contributed by atoms with Crippen LogP contribution in [0.5, 0.6) is 0 Å². The van der Waals surface area contributed by atoms with Crippen molar-refractivity contribution in [2.75, 3.05) is 0 Å². The second-order valence-electron chi connectivity index (χ2n) is 24.9. The molecule has 12 atom stereocenters. The van der Waals surface area contributed by atoms with E-state index in [1.54, 1.807) is 44.8 Å². The van der Waals surface area contributed by atoms with E-state index < -0.39 is 0 Å². The zero-order valence-corrected chi connectivity index (χ0v) is 44.5. The molecular formula is C69H85N5. The number of fused-ring (bicyclic) bond motifs is 4. The Morgan fingerprint density at radius 2 is 1.41 bits per heavy atom. The fraction of sp³-hybridized carbons (Fsp3) is 0.536. The van der Waals surface area contributed by atoms with Gasteiger partial charge < -0.3 is 15.1 Å². The lowest BCUT2D eigenvalue weighted by molar-refractivity contribution is 0.0925. The lowest BCUT2D eigenvalue weighted by atomic mass is 9.74. The summed E-state index contributed by atoms with van der Waals surface area (Å²) in [6.45, 7) is 0. The Kier molecular flexibility index (Phi) is 13.5. The third kappa shape index (κ3) is 9.16. The molecule has 0 saturated heterocycles. The normalized spacial score (nSPS) is 37.6. The molecule has 0 fully saturated rings. The predicted octanol–water partition coefficient (Wildman–Crippen LogP) is 15.3. The van der Waals surface area contributed by atoms with Gasteiger partial charge in [-0.05, 0) is 217 Å². The molecule has 0 bridgehead atoms. The van der Waals surface area contributed by atoms with E-state index in [4.69, 9.17) is 0 Å². The van der Waals surface area contributed by atoms with Gasteiger partial charge in [-0.1, -0.05) is 126 Å². The second kappa shape index (κ2) is 20.9. The highest BCUT2D eigenvalue weighted by Crippen LogP contribution is 2.54. The largest absolute Gasteiger partial charge is 0.369 e. The molecule has 0 spiro atoms. The Balaban J connectivity index is 0.880. The van der Waals surface area contributed by atoms with Crippen molar-refractivity contribution in [3.63, 3.8) is 0 Å². The fourth-order valence-corrected chi connectivity index (χ4v) is 16.9. The van der Waals surface area contributed by atoms with Crippen molar-refractivity contribution >= 4 is 0 Å². The molecule has 5 nitrogen and oxygen atoms in total. The smallest absolute Gasteiger partial charge is 0.101 e. The van der Waals surface area contributed by atoms with E-state index in [2.05, 4.69) is 147 Å². The minimum Gasteiger partial charge on any atom is -0.369 e. The molecule has 4 heterocycles. The van der Waals surface area contributed by atoms with Gasteiger partial charge in [-0.15, -0.1) is 0 Å². The van der Waals surface area contributed by atoms with Gasteiger partial charge in [0.05, 0.1) is 24.4 Å². The van der Waals surface area contributed by atoms with Gasteiger partial charge in [0, 0.05) is 47.3 Å². The minimum absolute atomic E-state index is 0.0824. The topological polar surface area (TPSA) is 42.6 Å². The molecule has 4 aliphatic heterocycles. The second-order valence-corrected chi connectivity index (χ2v) is 24.9. The van der Waals surface area contributed by atoms with E-state index in [-0.39, 0.29) is 24.5 Å². The van der Waals surface area contributed by atoms with Crippen molar-refractivity contribution in [1.29, 1.82) is 0 Å². The maximum atomic E-state index is 4.64. The number of nitrogens with one attached hydrogen (secondary N) is 3. The van der Waals surface area contributed by atoms with Gasteiger partial charge in [0.25, 0.3) is 0 Å². The highest BCUT2D eigenvalue weighted by molar-refractivity contribution is 5.52. The van der Waals surface area contributed by atoms with Gasteiger partial charge in [0.15, 0.2) is 0 Å². The standard InChI is InChI=1S/C69H85N5/c1-7-19-46(20-8-1)52-31-35-63-57(39-52)58-40-53(47-21-9-2-10-22-47)32-36-64(58)73(63)67-43-56(62-45-61(50-27-15-5-16-28-50)70-69(71-62)51-29-17-6-18-30-51)44-68(72-67)74-65-37-33-54(48-23-11-3-12-24-48)41-59(65)60-42-55(34-38-66(60)74)49-25-13-4-14-26-49/h1-2,6-7,9,15,17-18,23,25,27-29,33,37,39-41,44-47,51,55,57,59,61,63,65,67-72H,3-5,8,10-14,16,19-22,24,26,30-32,34-36,38,42-43H2. The van der Waals surface area contributed by atoms with Crippen molar-refractivity contribution in [3.05, 3.63) is 189 Å². The average Bonchev–Trinajstić information content (AvgIpc) is 3.99. The zero-order chi connectivity index (χ0) is 49.0. The summed E-state index contributed by atoms with van der Waals surface area (Å²) in [6, 6.07) is 0.981. The first-order valence-corrected chi connectivity index (χ1v) is 30.6. The SMILES string of the molecule is C1=CCC(C2NC(C3=CC(N4C5=C(CC(C6=CCCCC6)CC5)C5C=C(C6=CCCCC6)C=CC54)NC(N4C5=C(C=C(C6CC=CCC6)CC5)C5C=C(C6CC=CCC6)CCC54)C3)=CC(C3=CCCC=C3)N2)C=C1. The van der Waals surface area contributed by atoms with E-state index in [1.807, 2.05) is 0 Å². The lowest BCUT2D eigenvalue weighted by Gasteiger charge is -2.48. The molecular weight excluding hydrogens is 899 g/mol. The van der Waals surface area contributed by atoms with E-state index in [1.165, 1.54) is 157 Å². The fourth-order valence-electron chi connectivity index (χ4n) is 16.9. The van der Waals surface area contributed by atoms with Crippen LogP contribution < -0.4 is 16.0 Å². The molecule has 74 heavy (non-hydrogen) atoms. The number of rotatable bonds is 9. The summed E-state index contributed by atoms with van der Waals surface area (Å²) in [5, 5.41) is 13.1. The van der Waals surface area contributed by atoms with E-state index >= 15 is 0 Å². The predicted molar refractivity (Wildman–Crippen MR) is 306 cm³/mol. The monoisotopic (exact) mass is 984 g/mol. The first-order valence-electron chi connectivity index (χ1n) is 30.6. The summed E-state index contributed by atoms with van der Waals surface area (Å²) in [4.78, 5) is 6.03. The summed E-state index contributed by atoms with van der Waals surface area (Å²) in [7, 11) is 0. The molecule has 0 aromatic carbocycles. The van der Waals surface area contributed by atoms with Crippen LogP contribution in [0.2, 0.25) is 0 Å². The highest BCUT2D eigenvalue weighted by Gasteiger charge is 2.50. The van der Waals surface area contributed by atoms with Gasteiger partial charge in [0.1, 0.15) is 6.17 Å². The van der Waals surface area contributed by atoms with Crippen molar-refractivity contribution in [2.24, 2.45) is 35.5 Å². The van der Waals surface area contributed by atoms with Crippen molar-refractivity contribution < 1.29 is 0 Å². The molecule has 10 aliphatic carbocycles. The maximum Gasteiger partial charge on any atom is 0.101 e. The van der Waals surface area contributed by atoms with Crippen LogP contribution in [0.25, 0.3) is 0 Å². The first kappa shape index (κ1) is 47.6. The van der Waals surface area contributed by atoms with Crippen LogP contribution in [0.15, 0.2) is 189 Å². The van der Waals surface area contributed by atoms with E-state index in [0.29, 0.717) is 47.6 Å². The van der Waals surface area contributed by atoms with Crippen LogP contribution in [0.3, 0.4) is 0 Å². The minimum atomic E-state index is 0.0824. The van der Waals surface area contributed by atoms with Crippen LogP contribution in [0, 0.1) is 35.5 Å². The van der Waals surface area contributed by atoms with Gasteiger partial charge in [0.2, 0.25) is 0 Å². The average molecular weight is 984 g/mol. The number of allylic oxidation sites excluding steroid dienone is 21. The Morgan fingerprint density at radius 1 is 0.527 bits per heavy atom. The molecule has 0 amide bonds. The van der Waals surface area contributed by atoms with Crippen LogP contribution in [0.1, 0.15) is 161 Å². The summed E-state index contributed by atoms with van der Waals surface area (Å²) in [5.41, 5.74) is 19.5. The number of nitrogens with zero attached hydrogens (tertiary/aromatic N) is 2. The van der Waals surface area contributed by atoms with E-state index in [0.717, 1.165) is 25.7 Å². The van der Waals surface area contributed by atoms with Crippen molar-refractivity contribution in [3.8, 4) is 0 Å². The zero-order valence-electron chi connectivity index (χ0n) is 44.5. The van der Waals surface area contributed by atoms with Crippen LogP contribution in [-0.4, -0.2) is 46.4 Å². The third-order valence-electron chi connectivity index (χ3n) is 20.7. The van der Waals surface area contributed by atoms with Crippen molar-refractivity contribution in [2.45, 2.75) is 197 Å². The number of hydrogen-bond acceptors (Lipinski definition) is 5. The number of hydrogen-bond donors (Lipinski definition) is 3. The third-order valence-corrected chi connectivity index (χ3v) is 20.7. The maximum absolute atomic E-state index is 4.64. The van der Waals surface area contributed by atoms with Crippen LogP contribution in [-0.2, 0) is 0 Å². The molecule has 386 valence electrons. The molecule has 0 saturated carbocycles. The van der Waals surface area contributed by atoms with Gasteiger partial charge in [-0.3, -0.25) is 10.6 Å². The highest BCUT2D eigenvalue weighted by atomic mass is 15.4. The Hall–Kier alpha value is -4.84. The van der Waals surface area contributed by atoms with Crippen molar-refractivity contribution in [1.82, 2.24) is 25.8 Å². The lowest BCUT2D eigenvalue weighted by Crippen LogP contribution is -2.60. The summed E-state index contributed by atoms with van der Waals surface area (Å²) < 4.78 is 0. The molecule has 3 N–H and O–H groups in total. The Labute approximate surface area is 445 Å². The molecule has 14 aliphatic rings. The van der Waals surface area contributed by atoms with Crippen LogP contribution >= 0.6 is 0 Å². The molecule has 0 aromatic rings.